The van der Waals surface area contributed by atoms with Gasteiger partial charge in [0.25, 0.3) is 10.0 Å². The number of hydrogen-bond donors (Lipinski definition) is 2. The Labute approximate surface area is 143 Å². The van der Waals surface area contributed by atoms with Gasteiger partial charge >= 0.3 is 0 Å². The highest BCUT2D eigenvalue weighted by Gasteiger charge is 2.11. The molecule has 0 aliphatic heterocycles. The van der Waals surface area contributed by atoms with Crippen molar-refractivity contribution in [3.63, 3.8) is 0 Å². The molecule has 7 heteroatoms. The van der Waals surface area contributed by atoms with Gasteiger partial charge in [-0.15, -0.1) is 0 Å². The van der Waals surface area contributed by atoms with Gasteiger partial charge in [-0.1, -0.05) is 12.1 Å². The number of nitrogens with zero attached hydrogens (tertiary/aromatic N) is 2. The van der Waals surface area contributed by atoms with E-state index < -0.39 is 10.0 Å². The molecule has 0 saturated carbocycles. The summed E-state index contributed by atoms with van der Waals surface area (Å²) in [6, 6.07) is 13.7. The molecule has 0 aromatic heterocycles. The van der Waals surface area contributed by atoms with Crippen LogP contribution in [0.3, 0.4) is 0 Å². The number of anilines is 2. The van der Waals surface area contributed by atoms with E-state index in [1.807, 2.05) is 24.3 Å². The van der Waals surface area contributed by atoms with Crippen molar-refractivity contribution in [1.29, 1.82) is 0 Å². The summed E-state index contributed by atoms with van der Waals surface area (Å²) >= 11 is 0. The third-order valence-electron chi connectivity index (χ3n) is 3.60. The second-order valence-electron chi connectivity index (χ2n) is 5.19. The first kappa shape index (κ1) is 17.8. The van der Waals surface area contributed by atoms with E-state index in [9.17, 15) is 8.42 Å². The van der Waals surface area contributed by atoms with Crippen LogP contribution in [-0.4, -0.2) is 27.7 Å². The van der Waals surface area contributed by atoms with Gasteiger partial charge in [0.05, 0.1) is 11.1 Å². The number of nitrogens with one attached hydrogen (secondary N) is 1. The van der Waals surface area contributed by atoms with Crippen molar-refractivity contribution in [1.82, 2.24) is 4.83 Å². The first-order valence-electron chi connectivity index (χ1n) is 7.71. The van der Waals surface area contributed by atoms with Crippen molar-refractivity contribution in [2.75, 3.05) is 23.7 Å². The van der Waals surface area contributed by atoms with Crippen molar-refractivity contribution >= 4 is 27.6 Å². The van der Waals surface area contributed by atoms with Crippen molar-refractivity contribution < 1.29 is 8.42 Å². The predicted octanol–water partition coefficient (Wildman–Crippen LogP) is 2.43. The Morgan fingerprint density at radius 2 is 1.62 bits per heavy atom. The fraction of sp³-hybridized carbons (Fsp3) is 0.235. The minimum absolute atomic E-state index is 0.116. The van der Waals surface area contributed by atoms with Crippen molar-refractivity contribution in [3.05, 3.63) is 54.1 Å². The summed E-state index contributed by atoms with van der Waals surface area (Å²) in [5.74, 6) is 0. The molecular weight excluding hydrogens is 324 g/mol. The fourth-order valence-corrected chi connectivity index (χ4v) is 3.02. The second kappa shape index (κ2) is 7.83. The zero-order valence-corrected chi connectivity index (χ0v) is 14.6. The highest BCUT2D eigenvalue weighted by molar-refractivity contribution is 7.89. The Bertz CT molecular complexity index is 780. The van der Waals surface area contributed by atoms with Crippen LogP contribution >= 0.6 is 0 Å². The van der Waals surface area contributed by atoms with E-state index in [1.54, 1.807) is 0 Å². The zero-order chi connectivity index (χ0) is 17.6. The lowest BCUT2D eigenvalue weighted by Crippen LogP contribution is -2.21. The van der Waals surface area contributed by atoms with E-state index in [2.05, 4.69) is 28.7 Å². The first-order valence-corrected chi connectivity index (χ1v) is 9.20. The molecule has 3 N–H and O–H groups in total. The van der Waals surface area contributed by atoms with Crippen LogP contribution < -0.4 is 15.5 Å². The van der Waals surface area contributed by atoms with Gasteiger partial charge < -0.3 is 10.6 Å². The van der Waals surface area contributed by atoms with Crippen molar-refractivity contribution in [3.8, 4) is 0 Å². The molecule has 0 aliphatic rings. The van der Waals surface area contributed by atoms with Gasteiger partial charge in [0.15, 0.2) is 0 Å². The lowest BCUT2D eigenvalue weighted by molar-refractivity contribution is 0.584. The van der Waals surface area contributed by atoms with E-state index in [0.717, 1.165) is 24.3 Å². The number of sulfonamides is 1. The number of benzene rings is 2. The predicted molar refractivity (Wildman–Crippen MR) is 98.8 cm³/mol. The molecule has 0 radical (unpaired) electrons. The highest BCUT2D eigenvalue weighted by Crippen LogP contribution is 2.14. The standard InChI is InChI=1S/C17H22N4O2S/c1-3-21(4-2)16-9-5-14(6-10-16)13-19-20-24(22,23)17-11-7-15(18)8-12-17/h5-13,20H,3-4,18H2,1-2H3/b19-13+. The molecule has 128 valence electrons. The van der Waals surface area contributed by atoms with E-state index in [0.29, 0.717) is 5.69 Å². The van der Waals surface area contributed by atoms with Gasteiger partial charge in [-0.2, -0.15) is 13.5 Å². The molecule has 0 aliphatic carbocycles. The number of hydrazone groups is 1. The van der Waals surface area contributed by atoms with Crippen LogP contribution in [0.5, 0.6) is 0 Å². The van der Waals surface area contributed by atoms with Gasteiger partial charge in [-0.05, 0) is 55.8 Å². The largest absolute Gasteiger partial charge is 0.399 e. The fourth-order valence-electron chi connectivity index (χ4n) is 2.23. The first-order chi connectivity index (χ1) is 11.5. The lowest BCUT2D eigenvalue weighted by atomic mass is 10.2. The summed E-state index contributed by atoms with van der Waals surface area (Å²) in [7, 11) is -3.69. The Kier molecular flexibility index (Phi) is 5.81. The molecule has 0 unspecified atom stereocenters. The molecule has 0 fully saturated rings. The van der Waals surface area contributed by atoms with Crippen LogP contribution in [0.4, 0.5) is 11.4 Å². The highest BCUT2D eigenvalue weighted by atomic mass is 32.2. The van der Waals surface area contributed by atoms with Crippen LogP contribution in [0.1, 0.15) is 19.4 Å². The molecule has 6 nitrogen and oxygen atoms in total. The van der Waals surface area contributed by atoms with Crippen LogP contribution in [0, 0.1) is 0 Å². The monoisotopic (exact) mass is 346 g/mol. The normalized spacial score (nSPS) is 11.6. The average molecular weight is 346 g/mol. The van der Waals surface area contributed by atoms with Crippen molar-refractivity contribution in [2.24, 2.45) is 5.10 Å². The molecule has 0 spiro atoms. The zero-order valence-electron chi connectivity index (χ0n) is 13.8. The average Bonchev–Trinajstić information content (AvgIpc) is 2.57. The maximum absolute atomic E-state index is 12.1. The maximum atomic E-state index is 12.1. The van der Waals surface area contributed by atoms with Gasteiger partial charge in [0.2, 0.25) is 0 Å². The molecule has 0 saturated heterocycles. The Morgan fingerprint density at radius 3 is 2.17 bits per heavy atom. The molecule has 2 rings (SSSR count). The van der Waals surface area contributed by atoms with Crippen LogP contribution in [-0.2, 0) is 10.0 Å². The molecule has 2 aromatic carbocycles. The Hall–Kier alpha value is -2.54. The van der Waals surface area contributed by atoms with Gasteiger partial charge in [-0.25, -0.2) is 4.83 Å². The number of hydrogen-bond acceptors (Lipinski definition) is 5. The Balaban J connectivity index is 2.04. The van der Waals surface area contributed by atoms with Crippen molar-refractivity contribution in [2.45, 2.75) is 18.7 Å². The number of nitrogen functional groups attached to an aromatic ring is 1. The summed E-state index contributed by atoms with van der Waals surface area (Å²) in [5, 5.41) is 3.82. The molecular formula is C17H22N4O2S. The van der Waals surface area contributed by atoms with Crippen LogP contribution in [0.2, 0.25) is 0 Å². The molecule has 0 bridgehead atoms. The molecule has 24 heavy (non-hydrogen) atoms. The summed E-state index contributed by atoms with van der Waals surface area (Å²) < 4.78 is 24.2. The second-order valence-corrected chi connectivity index (χ2v) is 6.85. The van der Waals surface area contributed by atoms with E-state index in [1.165, 1.54) is 30.5 Å². The Morgan fingerprint density at radius 1 is 1.04 bits per heavy atom. The quantitative estimate of drug-likeness (QED) is 0.458. The summed E-state index contributed by atoms with van der Waals surface area (Å²) in [4.78, 5) is 4.54. The minimum Gasteiger partial charge on any atom is -0.399 e. The van der Waals surface area contributed by atoms with Gasteiger partial charge in [0.1, 0.15) is 0 Å². The minimum atomic E-state index is -3.69. The van der Waals surface area contributed by atoms with Crippen LogP contribution in [0.25, 0.3) is 0 Å². The van der Waals surface area contributed by atoms with Gasteiger partial charge in [0, 0.05) is 24.5 Å². The molecule has 2 aromatic rings. The van der Waals surface area contributed by atoms with Crippen LogP contribution in [0.15, 0.2) is 58.5 Å². The number of rotatable bonds is 7. The van der Waals surface area contributed by atoms with Gasteiger partial charge in [-0.3, -0.25) is 0 Å². The SMILES string of the molecule is CCN(CC)c1ccc(/C=N/NS(=O)(=O)c2ccc(N)cc2)cc1. The lowest BCUT2D eigenvalue weighted by Gasteiger charge is -2.20. The summed E-state index contributed by atoms with van der Waals surface area (Å²) in [6.45, 7) is 6.08. The van der Waals surface area contributed by atoms with E-state index in [-0.39, 0.29) is 4.90 Å². The molecule has 0 amide bonds. The topological polar surface area (TPSA) is 87.8 Å². The summed E-state index contributed by atoms with van der Waals surface area (Å²) in [6.07, 6.45) is 1.47. The summed E-state index contributed by atoms with van der Waals surface area (Å²) in [5.41, 5.74) is 7.99. The third kappa shape index (κ3) is 4.48. The smallest absolute Gasteiger partial charge is 0.276 e. The third-order valence-corrected chi connectivity index (χ3v) is 4.84. The molecule has 0 atom stereocenters. The van der Waals surface area contributed by atoms with E-state index >= 15 is 0 Å². The maximum Gasteiger partial charge on any atom is 0.276 e. The number of nitrogens with two attached hydrogens (primary N) is 1. The van der Waals surface area contributed by atoms with E-state index in [4.69, 9.17) is 5.73 Å². The molecule has 0 heterocycles.